The highest BCUT2D eigenvalue weighted by Gasteiger charge is 2.28. The maximum absolute atomic E-state index is 3.45. The molecule has 2 rings (SSSR count). The van der Waals surface area contributed by atoms with E-state index >= 15 is 0 Å². The zero-order valence-electron chi connectivity index (χ0n) is 7.47. The average molecular weight is 153 g/mol. The lowest BCUT2D eigenvalue weighted by atomic mass is 9.89. The largest absolute Gasteiger partial charge is 0.316 e. The zero-order chi connectivity index (χ0) is 7.68. The molecule has 0 amide bonds. The van der Waals surface area contributed by atoms with Gasteiger partial charge in [-0.2, -0.15) is 0 Å². The molecule has 1 saturated heterocycles. The second-order valence-corrected chi connectivity index (χ2v) is 4.41. The molecule has 2 unspecified atom stereocenters. The summed E-state index contributed by atoms with van der Waals surface area (Å²) in [6, 6.07) is 0. The quantitative estimate of drug-likeness (QED) is 0.654. The SMILES string of the molecule is CC(CC1CC1)C1CCNC1. The van der Waals surface area contributed by atoms with Gasteiger partial charge < -0.3 is 5.32 Å². The summed E-state index contributed by atoms with van der Waals surface area (Å²) in [5, 5.41) is 3.45. The summed E-state index contributed by atoms with van der Waals surface area (Å²) in [6.45, 7) is 4.99. The maximum Gasteiger partial charge on any atom is -0.00175 e. The minimum atomic E-state index is 0.984. The van der Waals surface area contributed by atoms with Gasteiger partial charge in [0.25, 0.3) is 0 Å². The van der Waals surface area contributed by atoms with E-state index in [0.717, 1.165) is 17.8 Å². The van der Waals surface area contributed by atoms with Crippen LogP contribution in [-0.2, 0) is 0 Å². The molecule has 0 spiro atoms. The minimum absolute atomic E-state index is 0.984. The van der Waals surface area contributed by atoms with Gasteiger partial charge in [-0.05, 0) is 43.7 Å². The van der Waals surface area contributed by atoms with E-state index in [0.29, 0.717) is 0 Å². The van der Waals surface area contributed by atoms with Crippen molar-refractivity contribution in [3.05, 3.63) is 0 Å². The van der Waals surface area contributed by atoms with Crippen LogP contribution < -0.4 is 5.32 Å². The molecule has 0 radical (unpaired) electrons. The molecule has 1 aliphatic carbocycles. The highest BCUT2D eigenvalue weighted by molar-refractivity contribution is 4.81. The van der Waals surface area contributed by atoms with Crippen LogP contribution in [0.5, 0.6) is 0 Å². The molecule has 1 heteroatoms. The van der Waals surface area contributed by atoms with Crippen molar-refractivity contribution in [3.8, 4) is 0 Å². The van der Waals surface area contributed by atoms with Gasteiger partial charge in [-0.3, -0.25) is 0 Å². The second kappa shape index (κ2) is 3.14. The van der Waals surface area contributed by atoms with Gasteiger partial charge in [0.2, 0.25) is 0 Å². The Balaban J connectivity index is 1.73. The lowest BCUT2D eigenvalue weighted by Gasteiger charge is -2.17. The maximum atomic E-state index is 3.45. The van der Waals surface area contributed by atoms with Gasteiger partial charge in [-0.1, -0.05) is 19.8 Å². The Morgan fingerprint density at radius 3 is 2.73 bits per heavy atom. The van der Waals surface area contributed by atoms with Crippen LogP contribution in [0.15, 0.2) is 0 Å². The molecule has 2 fully saturated rings. The van der Waals surface area contributed by atoms with E-state index in [-0.39, 0.29) is 0 Å². The summed E-state index contributed by atoms with van der Waals surface area (Å²) in [4.78, 5) is 0. The van der Waals surface area contributed by atoms with Crippen LogP contribution in [0.2, 0.25) is 0 Å². The molecule has 64 valence electrons. The van der Waals surface area contributed by atoms with Gasteiger partial charge in [0.1, 0.15) is 0 Å². The van der Waals surface area contributed by atoms with Crippen LogP contribution in [0.4, 0.5) is 0 Å². The normalized spacial score (nSPS) is 34.1. The summed E-state index contributed by atoms with van der Waals surface area (Å²) in [6.07, 6.45) is 5.97. The lowest BCUT2D eigenvalue weighted by Crippen LogP contribution is -2.15. The first-order chi connectivity index (χ1) is 5.36. The molecular formula is C10H19N. The summed E-state index contributed by atoms with van der Waals surface area (Å²) in [5.74, 6) is 3.10. The Kier molecular flexibility index (Phi) is 2.17. The van der Waals surface area contributed by atoms with Crippen molar-refractivity contribution in [1.82, 2.24) is 5.32 Å². The predicted octanol–water partition coefficient (Wildman–Crippen LogP) is 2.03. The summed E-state index contributed by atoms with van der Waals surface area (Å²) < 4.78 is 0. The van der Waals surface area contributed by atoms with E-state index in [1.165, 1.54) is 38.8 Å². The first-order valence-electron chi connectivity index (χ1n) is 5.07. The highest BCUT2D eigenvalue weighted by atomic mass is 14.9. The molecule has 1 N–H and O–H groups in total. The Bertz CT molecular complexity index is 123. The molecule has 2 atom stereocenters. The van der Waals surface area contributed by atoms with Crippen molar-refractivity contribution in [1.29, 1.82) is 0 Å². The first kappa shape index (κ1) is 7.60. The standard InChI is InChI=1S/C10H19N/c1-8(6-9-2-3-9)10-4-5-11-7-10/h8-11H,2-7H2,1H3. The fraction of sp³-hybridized carbons (Fsp3) is 1.00. The Morgan fingerprint density at radius 2 is 2.18 bits per heavy atom. The third-order valence-electron chi connectivity index (χ3n) is 3.31. The molecular weight excluding hydrogens is 134 g/mol. The van der Waals surface area contributed by atoms with Crippen molar-refractivity contribution >= 4 is 0 Å². The zero-order valence-corrected chi connectivity index (χ0v) is 7.47. The number of rotatable bonds is 3. The molecule has 1 nitrogen and oxygen atoms in total. The average Bonchev–Trinajstić information content (AvgIpc) is 2.67. The van der Waals surface area contributed by atoms with Gasteiger partial charge in [-0.15, -0.1) is 0 Å². The third-order valence-corrected chi connectivity index (χ3v) is 3.31. The summed E-state index contributed by atoms with van der Waals surface area (Å²) >= 11 is 0. The first-order valence-corrected chi connectivity index (χ1v) is 5.07. The van der Waals surface area contributed by atoms with E-state index in [4.69, 9.17) is 0 Å². The topological polar surface area (TPSA) is 12.0 Å². The molecule has 11 heavy (non-hydrogen) atoms. The van der Waals surface area contributed by atoms with Gasteiger partial charge in [-0.25, -0.2) is 0 Å². The van der Waals surface area contributed by atoms with Crippen molar-refractivity contribution in [2.75, 3.05) is 13.1 Å². The van der Waals surface area contributed by atoms with E-state index < -0.39 is 0 Å². The number of nitrogens with one attached hydrogen (secondary N) is 1. The molecule has 0 aromatic heterocycles. The number of hydrogen-bond donors (Lipinski definition) is 1. The lowest BCUT2D eigenvalue weighted by molar-refractivity contribution is 0.348. The van der Waals surface area contributed by atoms with Crippen LogP contribution in [0, 0.1) is 17.8 Å². The van der Waals surface area contributed by atoms with Crippen molar-refractivity contribution in [3.63, 3.8) is 0 Å². The van der Waals surface area contributed by atoms with Crippen LogP contribution in [-0.4, -0.2) is 13.1 Å². The Labute approximate surface area is 69.6 Å². The summed E-state index contributed by atoms with van der Waals surface area (Å²) in [7, 11) is 0. The molecule has 1 heterocycles. The molecule has 2 aliphatic rings. The Hall–Kier alpha value is -0.0400. The molecule has 0 bridgehead atoms. The highest BCUT2D eigenvalue weighted by Crippen LogP contribution is 2.38. The van der Waals surface area contributed by atoms with Gasteiger partial charge >= 0.3 is 0 Å². The third kappa shape index (κ3) is 1.96. The van der Waals surface area contributed by atoms with E-state index in [9.17, 15) is 0 Å². The monoisotopic (exact) mass is 153 g/mol. The van der Waals surface area contributed by atoms with Gasteiger partial charge in [0.15, 0.2) is 0 Å². The molecule has 0 aromatic rings. The second-order valence-electron chi connectivity index (χ2n) is 4.41. The smallest absolute Gasteiger partial charge is 0.00175 e. The van der Waals surface area contributed by atoms with Crippen LogP contribution in [0.1, 0.15) is 32.6 Å². The summed E-state index contributed by atoms with van der Waals surface area (Å²) in [5.41, 5.74) is 0. The van der Waals surface area contributed by atoms with Crippen molar-refractivity contribution < 1.29 is 0 Å². The van der Waals surface area contributed by atoms with E-state index in [1.807, 2.05) is 0 Å². The molecule has 1 aliphatic heterocycles. The Morgan fingerprint density at radius 1 is 1.36 bits per heavy atom. The van der Waals surface area contributed by atoms with Crippen LogP contribution in [0.3, 0.4) is 0 Å². The molecule has 0 aromatic carbocycles. The molecule has 1 saturated carbocycles. The van der Waals surface area contributed by atoms with E-state index in [1.54, 1.807) is 0 Å². The fourth-order valence-corrected chi connectivity index (χ4v) is 2.23. The minimum Gasteiger partial charge on any atom is -0.316 e. The van der Waals surface area contributed by atoms with Crippen LogP contribution in [0.25, 0.3) is 0 Å². The van der Waals surface area contributed by atoms with Crippen LogP contribution >= 0.6 is 0 Å². The predicted molar refractivity (Wildman–Crippen MR) is 47.5 cm³/mol. The van der Waals surface area contributed by atoms with Crippen molar-refractivity contribution in [2.24, 2.45) is 17.8 Å². The number of hydrogen-bond acceptors (Lipinski definition) is 1. The van der Waals surface area contributed by atoms with Crippen molar-refractivity contribution in [2.45, 2.75) is 32.6 Å². The van der Waals surface area contributed by atoms with Gasteiger partial charge in [0, 0.05) is 0 Å². The van der Waals surface area contributed by atoms with E-state index in [2.05, 4.69) is 12.2 Å². The fourth-order valence-electron chi connectivity index (χ4n) is 2.23. The van der Waals surface area contributed by atoms with Gasteiger partial charge in [0.05, 0.1) is 0 Å².